The molecule has 0 N–H and O–H groups in total. The molecule has 0 saturated heterocycles. The molecule has 0 aromatic heterocycles. The van der Waals surface area contributed by atoms with Gasteiger partial charge in [0.15, 0.2) is 0 Å². The van der Waals surface area contributed by atoms with Gasteiger partial charge in [-0.15, -0.1) is 23.9 Å². The minimum Gasteiger partial charge on any atom is -0.123 e. The summed E-state index contributed by atoms with van der Waals surface area (Å²) in [6, 6.07) is 0. The Morgan fingerprint density at radius 3 is 2.80 bits per heavy atom. The highest BCUT2D eigenvalue weighted by Gasteiger charge is 2.28. The van der Waals surface area contributed by atoms with Crippen molar-refractivity contribution in [2.24, 2.45) is 5.92 Å². The second-order valence-corrected chi connectivity index (χ2v) is 3.51. The molecule has 0 amide bonds. The predicted octanol–water partition coefficient (Wildman–Crippen LogP) is 2.81. The van der Waals surface area contributed by atoms with Crippen molar-refractivity contribution in [1.82, 2.24) is 0 Å². The number of terminal acetylenes is 1. The Bertz CT molecular complexity index is 130. The van der Waals surface area contributed by atoms with E-state index >= 15 is 0 Å². The first-order valence-electron chi connectivity index (χ1n) is 3.92. The lowest BCUT2D eigenvalue weighted by atomic mass is 10.1. The third-order valence-electron chi connectivity index (χ3n) is 1.93. The Morgan fingerprint density at radius 1 is 1.60 bits per heavy atom. The maximum atomic E-state index is 6.05. The Kier molecular flexibility index (Phi) is 3.09. The molecule has 0 bridgehead atoms. The quantitative estimate of drug-likeness (QED) is 0.334. The van der Waals surface area contributed by atoms with Crippen LogP contribution in [0.5, 0.6) is 0 Å². The molecule has 0 aromatic carbocycles. The Balaban J connectivity index is 1.96. The smallest absolute Gasteiger partial charge is 0.0364 e. The first-order valence-corrected chi connectivity index (χ1v) is 4.35. The summed E-state index contributed by atoms with van der Waals surface area (Å²) < 4.78 is 0. The summed E-state index contributed by atoms with van der Waals surface area (Å²) in [7, 11) is 0. The molecule has 0 nitrogen and oxygen atoms in total. The van der Waals surface area contributed by atoms with E-state index in [0.717, 1.165) is 25.2 Å². The highest BCUT2D eigenvalue weighted by Crippen LogP contribution is 2.37. The van der Waals surface area contributed by atoms with Crippen molar-refractivity contribution in [2.45, 2.75) is 37.5 Å². The van der Waals surface area contributed by atoms with E-state index in [2.05, 4.69) is 5.92 Å². The summed E-state index contributed by atoms with van der Waals surface area (Å²) in [5, 5.41) is 0.411. The van der Waals surface area contributed by atoms with Gasteiger partial charge in [-0.1, -0.05) is 0 Å². The molecule has 0 aliphatic heterocycles. The van der Waals surface area contributed by atoms with E-state index in [9.17, 15) is 0 Å². The van der Waals surface area contributed by atoms with E-state index in [1.807, 2.05) is 0 Å². The van der Waals surface area contributed by atoms with Crippen molar-refractivity contribution in [3.63, 3.8) is 0 Å². The van der Waals surface area contributed by atoms with Gasteiger partial charge >= 0.3 is 0 Å². The number of unbranched alkanes of at least 4 members (excludes halogenated alkanes) is 1. The maximum Gasteiger partial charge on any atom is 0.0364 e. The maximum absolute atomic E-state index is 6.05. The van der Waals surface area contributed by atoms with Crippen LogP contribution in [0.2, 0.25) is 0 Å². The first-order chi connectivity index (χ1) is 4.84. The second kappa shape index (κ2) is 3.88. The van der Waals surface area contributed by atoms with E-state index < -0.39 is 0 Å². The van der Waals surface area contributed by atoms with Gasteiger partial charge in [0.2, 0.25) is 0 Å². The van der Waals surface area contributed by atoms with E-state index in [0.29, 0.717) is 5.38 Å². The van der Waals surface area contributed by atoms with Crippen molar-refractivity contribution < 1.29 is 0 Å². The van der Waals surface area contributed by atoms with Crippen LogP contribution in [0.1, 0.15) is 32.1 Å². The van der Waals surface area contributed by atoms with Crippen molar-refractivity contribution >= 4 is 11.6 Å². The highest BCUT2D eigenvalue weighted by atomic mass is 35.5. The van der Waals surface area contributed by atoms with Gasteiger partial charge in [0.25, 0.3) is 0 Å². The minimum atomic E-state index is 0.411. The molecule has 1 saturated carbocycles. The van der Waals surface area contributed by atoms with E-state index in [1.165, 1.54) is 12.8 Å². The van der Waals surface area contributed by atoms with Crippen LogP contribution < -0.4 is 0 Å². The fraction of sp³-hybridized carbons (Fsp3) is 0.778. The number of hydrogen-bond donors (Lipinski definition) is 0. The molecule has 0 radical (unpaired) electrons. The topological polar surface area (TPSA) is 0 Å². The summed E-state index contributed by atoms with van der Waals surface area (Å²) in [6.07, 6.45) is 10.9. The van der Waals surface area contributed by atoms with Gasteiger partial charge < -0.3 is 0 Å². The highest BCUT2D eigenvalue weighted by molar-refractivity contribution is 6.20. The van der Waals surface area contributed by atoms with Gasteiger partial charge in [0, 0.05) is 11.8 Å². The Morgan fingerprint density at radius 2 is 2.30 bits per heavy atom. The molecule has 56 valence electrons. The summed E-state index contributed by atoms with van der Waals surface area (Å²) in [5.74, 6) is 3.44. The number of hydrogen-bond acceptors (Lipinski definition) is 0. The summed E-state index contributed by atoms with van der Waals surface area (Å²) in [5.41, 5.74) is 0. The van der Waals surface area contributed by atoms with Crippen LogP contribution in [-0.2, 0) is 0 Å². The zero-order valence-corrected chi connectivity index (χ0v) is 6.90. The largest absolute Gasteiger partial charge is 0.123 e. The zero-order valence-electron chi connectivity index (χ0n) is 6.15. The average molecular weight is 157 g/mol. The van der Waals surface area contributed by atoms with Crippen LogP contribution >= 0.6 is 11.6 Å². The van der Waals surface area contributed by atoms with Crippen LogP contribution in [0.25, 0.3) is 0 Å². The first kappa shape index (κ1) is 7.95. The fourth-order valence-electron chi connectivity index (χ4n) is 1.09. The van der Waals surface area contributed by atoms with Crippen molar-refractivity contribution in [3.8, 4) is 12.3 Å². The molecule has 1 fully saturated rings. The standard InChI is InChI=1S/C9H13Cl/c1-2-3-4-5-9(10)8-6-7-8/h1,8-9H,3-7H2. The van der Waals surface area contributed by atoms with E-state index in [1.54, 1.807) is 0 Å². The molecular formula is C9H13Cl. The van der Waals surface area contributed by atoms with Crippen LogP contribution in [0, 0.1) is 18.3 Å². The molecule has 1 aliphatic rings. The van der Waals surface area contributed by atoms with Crippen molar-refractivity contribution in [3.05, 3.63) is 0 Å². The predicted molar refractivity (Wildman–Crippen MR) is 45.0 cm³/mol. The van der Waals surface area contributed by atoms with Crippen LogP contribution in [0.15, 0.2) is 0 Å². The van der Waals surface area contributed by atoms with Crippen LogP contribution in [0.3, 0.4) is 0 Å². The Labute approximate surface area is 68.0 Å². The van der Waals surface area contributed by atoms with E-state index in [-0.39, 0.29) is 0 Å². The minimum absolute atomic E-state index is 0.411. The average Bonchev–Trinajstić information content (AvgIpc) is 2.69. The lowest BCUT2D eigenvalue weighted by Gasteiger charge is -2.04. The second-order valence-electron chi connectivity index (χ2n) is 2.95. The molecule has 1 aliphatic carbocycles. The molecule has 0 spiro atoms. The molecular weight excluding hydrogens is 144 g/mol. The van der Waals surface area contributed by atoms with Gasteiger partial charge in [-0.3, -0.25) is 0 Å². The van der Waals surface area contributed by atoms with Gasteiger partial charge in [0.1, 0.15) is 0 Å². The fourth-order valence-corrected chi connectivity index (χ4v) is 1.50. The number of rotatable bonds is 4. The molecule has 1 unspecified atom stereocenters. The molecule has 1 heteroatoms. The zero-order chi connectivity index (χ0) is 7.40. The van der Waals surface area contributed by atoms with Gasteiger partial charge in [-0.05, 0) is 31.6 Å². The molecule has 0 heterocycles. The molecule has 1 rings (SSSR count). The van der Waals surface area contributed by atoms with Crippen molar-refractivity contribution in [2.75, 3.05) is 0 Å². The summed E-state index contributed by atoms with van der Waals surface area (Å²) in [6.45, 7) is 0. The van der Waals surface area contributed by atoms with Gasteiger partial charge in [0.05, 0.1) is 0 Å². The summed E-state index contributed by atoms with van der Waals surface area (Å²) in [4.78, 5) is 0. The lowest BCUT2D eigenvalue weighted by molar-refractivity contribution is 0.647. The Hall–Kier alpha value is -0.150. The normalized spacial score (nSPS) is 20.0. The third-order valence-corrected chi connectivity index (χ3v) is 2.51. The van der Waals surface area contributed by atoms with Gasteiger partial charge in [-0.25, -0.2) is 0 Å². The molecule has 10 heavy (non-hydrogen) atoms. The summed E-state index contributed by atoms with van der Waals surface area (Å²) >= 11 is 6.05. The number of halogens is 1. The molecule has 1 atom stereocenters. The number of alkyl halides is 1. The lowest BCUT2D eigenvalue weighted by Crippen LogP contribution is -1.99. The van der Waals surface area contributed by atoms with Crippen LogP contribution in [-0.4, -0.2) is 5.38 Å². The molecule has 0 aromatic rings. The van der Waals surface area contributed by atoms with E-state index in [4.69, 9.17) is 18.0 Å². The van der Waals surface area contributed by atoms with Crippen LogP contribution in [0.4, 0.5) is 0 Å². The van der Waals surface area contributed by atoms with Gasteiger partial charge in [-0.2, -0.15) is 0 Å². The SMILES string of the molecule is C#CCCCC(Cl)C1CC1. The van der Waals surface area contributed by atoms with Crippen molar-refractivity contribution in [1.29, 1.82) is 0 Å². The monoisotopic (exact) mass is 156 g/mol. The third kappa shape index (κ3) is 2.62.